The number of nitrogens with one attached hydrogen (secondary N) is 10. The minimum Gasteiger partial charge on any atom is -0.508 e. The molecule has 1 aromatic heterocycles. The van der Waals surface area contributed by atoms with Gasteiger partial charge in [-0.2, -0.15) is 13.2 Å². The molecule has 2 fully saturated rings. The van der Waals surface area contributed by atoms with E-state index in [0.29, 0.717) is 34.2 Å². The number of benzene rings is 3. The Bertz CT molecular complexity index is 3580. The Labute approximate surface area is 548 Å². The van der Waals surface area contributed by atoms with Gasteiger partial charge in [0.2, 0.25) is 65.0 Å². The van der Waals surface area contributed by atoms with Crippen LogP contribution in [-0.2, 0) is 78.2 Å². The molecule has 0 spiro atoms. The third-order valence-electron chi connectivity index (χ3n) is 16.1. The number of fused-ring (bicyclic) bond motifs is 1. The number of nitrogens with zero attached hydrogens (tertiary/aromatic N) is 4. The summed E-state index contributed by atoms with van der Waals surface area (Å²) in [4.78, 5) is 169. The minimum atomic E-state index is -4.77. The topological polar surface area (TPSA) is 471 Å². The fourth-order valence-corrected chi connectivity index (χ4v) is 11.1. The molecule has 0 unspecified atom stereocenters. The van der Waals surface area contributed by atoms with Gasteiger partial charge in [-0.05, 0) is 91.5 Å². The Morgan fingerprint density at radius 3 is 1.82 bits per heavy atom. The Hall–Kier alpha value is -10.5. The number of aromatic nitrogens is 1. The summed E-state index contributed by atoms with van der Waals surface area (Å²) in [6.45, 7) is 2.02. The smallest absolute Gasteiger partial charge is 0.416 e. The van der Waals surface area contributed by atoms with Crippen LogP contribution in [0.5, 0.6) is 5.75 Å². The van der Waals surface area contributed by atoms with E-state index in [1.54, 1.807) is 44.3 Å². The van der Waals surface area contributed by atoms with Crippen molar-refractivity contribution in [2.24, 2.45) is 38.1 Å². The average Bonchev–Trinajstić information content (AvgIpc) is 1.66. The Balaban J connectivity index is 1.16. The lowest BCUT2D eigenvalue weighted by Crippen LogP contribution is -2.61. The third kappa shape index (κ3) is 21.3. The van der Waals surface area contributed by atoms with Gasteiger partial charge in [0.1, 0.15) is 66.5 Å². The number of nitrogens with two attached hydrogens (primary N) is 3. The quantitative estimate of drug-likeness (QED) is 0.0141. The van der Waals surface area contributed by atoms with Crippen molar-refractivity contribution >= 4 is 93.9 Å². The molecule has 18 N–H and O–H groups in total. The highest BCUT2D eigenvalue weighted by atomic mass is 19.4. The SMILES string of the molecule is CC(C)C[C@H](NC(=O)[C@@H](Cc1ccc(C(F)(F)F)cc1)NC(=O)[C@H](Cc1ccc(O)cc1)NC(=O)[C@H](CO)NC(=O)[C@H](Cc1c[nH]c2ccccc12)NC(=O)[C@H](CC1=NC=NC1)NC(=O)[C@@H]1CCC(=O)N1)C(=O)N[C@@H](CCCN=C(N)N)C(=O)N1CCC[C@H]1C(=O)NCC(N)=O. The van der Waals surface area contributed by atoms with Gasteiger partial charge in [-0.15, -0.1) is 0 Å². The number of aromatic amines is 1. The maximum atomic E-state index is 14.9. The molecule has 2 saturated heterocycles. The van der Waals surface area contributed by atoms with E-state index >= 15 is 0 Å². The van der Waals surface area contributed by atoms with Crippen LogP contribution < -0.4 is 65.1 Å². The number of phenolic OH excluding ortho intramolecular Hbond substituents is 1. The molecule has 4 heterocycles. The van der Waals surface area contributed by atoms with Crippen molar-refractivity contribution in [2.75, 3.05) is 32.8 Å². The number of phenols is 1. The maximum absolute atomic E-state index is 14.9. The van der Waals surface area contributed by atoms with E-state index < -0.39 is 151 Å². The monoisotopic (exact) mass is 1340 g/mol. The van der Waals surface area contributed by atoms with E-state index in [4.69, 9.17) is 17.2 Å². The number of aliphatic imine (C=N–C) groups is 3. The van der Waals surface area contributed by atoms with Crippen LogP contribution >= 0.6 is 0 Å². The fourth-order valence-electron chi connectivity index (χ4n) is 11.1. The van der Waals surface area contributed by atoms with Crippen LogP contribution in [0.4, 0.5) is 13.2 Å². The van der Waals surface area contributed by atoms with Crippen LogP contribution in [0.15, 0.2) is 94.0 Å². The van der Waals surface area contributed by atoms with E-state index in [9.17, 15) is 76.1 Å². The number of aliphatic hydroxyl groups is 1. The molecule has 7 rings (SSSR count). The number of alkyl halides is 3. The molecule has 11 amide bonds. The van der Waals surface area contributed by atoms with Gasteiger partial charge in [-0.3, -0.25) is 62.7 Å². The molecule has 0 saturated carbocycles. The summed E-state index contributed by atoms with van der Waals surface area (Å²) in [6.07, 6.45) is -2.47. The summed E-state index contributed by atoms with van der Waals surface area (Å²) in [7, 11) is 0. The van der Waals surface area contributed by atoms with Crippen molar-refractivity contribution in [1.82, 2.24) is 57.7 Å². The lowest BCUT2D eigenvalue weighted by Gasteiger charge is -2.30. The molecule has 0 radical (unpaired) electrons. The zero-order valence-corrected chi connectivity index (χ0v) is 52.7. The van der Waals surface area contributed by atoms with Gasteiger partial charge >= 0.3 is 6.18 Å². The van der Waals surface area contributed by atoms with E-state index in [2.05, 4.69) is 67.8 Å². The molecule has 33 heteroatoms. The predicted molar refractivity (Wildman–Crippen MR) is 342 cm³/mol. The number of guanidine groups is 1. The van der Waals surface area contributed by atoms with Crippen LogP contribution in [0.3, 0.4) is 0 Å². The summed E-state index contributed by atoms with van der Waals surface area (Å²) < 4.78 is 41.5. The van der Waals surface area contributed by atoms with Crippen molar-refractivity contribution in [3.05, 3.63) is 101 Å². The van der Waals surface area contributed by atoms with Crippen molar-refractivity contribution in [1.29, 1.82) is 0 Å². The maximum Gasteiger partial charge on any atom is 0.416 e. The molecule has 9 atom stereocenters. The fraction of sp³-hybridized carbons (Fsp3) is 0.460. The van der Waals surface area contributed by atoms with E-state index in [0.717, 1.165) is 24.3 Å². The Morgan fingerprint density at radius 2 is 1.26 bits per heavy atom. The van der Waals surface area contributed by atoms with Crippen LogP contribution in [0.1, 0.15) is 87.5 Å². The summed E-state index contributed by atoms with van der Waals surface area (Å²) in [5.41, 5.74) is 17.2. The predicted octanol–water partition coefficient (Wildman–Crippen LogP) is -1.85. The van der Waals surface area contributed by atoms with Crippen molar-refractivity contribution in [3.63, 3.8) is 0 Å². The summed E-state index contributed by atoms with van der Waals surface area (Å²) in [5, 5.41) is 44.8. The minimum absolute atomic E-state index is 0.0150. The molecule has 30 nitrogen and oxygen atoms in total. The molecule has 3 aliphatic rings. The van der Waals surface area contributed by atoms with E-state index in [-0.39, 0.29) is 100 Å². The first-order chi connectivity index (χ1) is 45.6. The Kier molecular flexibility index (Phi) is 25.9. The first kappa shape index (κ1) is 72.9. The van der Waals surface area contributed by atoms with E-state index in [1.807, 2.05) is 0 Å². The number of amides is 11. The number of carbonyl (C=O) groups is 11. The summed E-state index contributed by atoms with van der Waals surface area (Å²) >= 11 is 0. The highest BCUT2D eigenvalue weighted by molar-refractivity contribution is 6.03. The zero-order valence-electron chi connectivity index (χ0n) is 52.7. The molecule has 0 aliphatic carbocycles. The van der Waals surface area contributed by atoms with Gasteiger partial charge in [0.25, 0.3) is 0 Å². The number of hydrogen-bond donors (Lipinski definition) is 15. The largest absolute Gasteiger partial charge is 0.508 e. The van der Waals surface area contributed by atoms with E-state index in [1.165, 1.54) is 35.5 Å². The summed E-state index contributed by atoms with van der Waals surface area (Å²) in [6, 6.07) is 2.86. The second-order valence-electron chi connectivity index (χ2n) is 23.9. The lowest BCUT2D eigenvalue weighted by atomic mass is 9.99. The lowest BCUT2D eigenvalue weighted by molar-refractivity contribution is -0.142. The molecular formula is C63H80F3N17O13. The molecule has 4 aromatic rings. The number of rotatable bonds is 33. The number of halogens is 3. The molecule has 516 valence electrons. The van der Waals surface area contributed by atoms with Crippen LogP contribution in [-0.4, -0.2) is 190 Å². The van der Waals surface area contributed by atoms with Crippen LogP contribution in [0, 0.1) is 5.92 Å². The van der Waals surface area contributed by atoms with Gasteiger partial charge in [0.15, 0.2) is 5.96 Å². The normalized spacial score (nSPS) is 17.3. The molecule has 3 aliphatic heterocycles. The van der Waals surface area contributed by atoms with Crippen molar-refractivity contribution in [2.45, 2.75) is 145 Å². The molecule has 3 aromatic carbocycles. The highest BCUT2D eigenvalue weighted by Gasteiger charge is 2.41. The van der Waals surface area contributed by atoms with Crippen molar-refractivity contribution in [3.8, 4) is 5.75 Å². The van der Waals surface area contributed by atoms with Crippen LogP contribution in [0.2, 0.25) is 0 Å². The number of aromatic hydroxyl groups is 1. The number of carbonyl (C=O) groups excluding carboxylic acids is 11. The average molecular weight is 1340 g/mol. The van der Waals surface area contributed by atoms with Gasteiger partial charge in [-0.1, -0.05) is 56.3 Å². The second kappa shape index (κ2) is 34.1. The van der Waals surface area contributed by atoms with Crippen LogP contribution in [0.25, 0.3) is 10.9 Å². The number of hydrogen-bond acceptors (Lipinski definition) is 16. The number of para-hydroxylation sites is 1. The molecule has 96 heavy (non-hydrogen) atoms. The van der Waals surface area contributed by atoms with Crippen molar-refractivity contribution < 1.29 is 76.1 Å². The zero-order chi connectivity index (χ0) is 69.8. The molecule has 0 bridgehead atoms. The standard InChI is InChI=1S/C63H80F3N17O13/c1-33(2)23-44(54(89)76-43(9-5-21-71-62(68)69)61(96)83-22-6-10-50(83)60(95)73-30-51(67)86)77-55(90)45(24-34-11-15-37(16-12-34)63(64,65)66)78-56(91)46(25-35-13-17-39(85)18-14-35)79-59(94)49(31-84)82-57(92)47(26-36-28-72-41-8-4-3-7-40(36)41)80-58(93)48(27-38-29-70-32-74-38)81-53(88)42-19-20-52(87)75-42/h3-4,7-8,11-18,28,32-33,42-50,72,84-85H,5-6,9-10,19-27,29-31H2,1-2H3,(H2,67,86)(H,73,95)(H,75,87)(H,76,89)(H,77,90)(H,78,91)(H,79,94)(H,80,93)(H,81,88)(H,82,92)(H4,68,69,71)/t42-,43-,44-,45+,46-,47-,48-,49-,50-/m0/s1. The van der Waals surface area contributed by atoms with Gasteiger partial charge in [-0.25, -0.2) is 4.99 Å². The highest BCUT2D eigenvalue weighted by Crippen LogP contribution is 2.30. The number of likely N-dealkylation sites (tertiary alicyclic amines) is 1. The summed E-state index contributed by atoms with van der Waals surface area (Å²) in [5.74, 6) is -10.2. The number of primary amides is 1. The van der Waals surface area contributed by atoms with Gasteiger partial charge in [0, 0.05) is 68.0 Å². The Morgan fingerprint density at radius 1 is 0.698 bits per heavy atom. The second-order valence-corrected chi connectivity index (χ2v) is 23.9. The third-order valence-corrected chi connectivity index (χ3v) is 16.1. The number of aliphatic hydroxyl groups excluding tert-OH is 1. The first-order valence-corrected chi connectivity index (χ1v) is 31.1. The van der Waals surface area contributed by atoms with Gasteiger partial charge < -0.3 is 85.1 Å². The van der Waals surface area contributed by atoms with Gasteiger partial charge in [0.05, 0.1) is 25.3 Å². The molecular weight excluding hydrogens is 1260 g/mol. The number of H-pyrrole nitrogens is 1. The first-order valence-electron chi connectivity index (χ1n) is 31.1.